The van der Waals surface area contributed by atoms with E-state index in [1.165, 1.54) is 0 Å². The molecule has 7 heteroatoms. The fourth-order valence-electron chi connectivity index (χ4n) is 0.510. The summed E-state index contributed by atoms with van der Waals surface area (Å²) in [5.74, 6) is 0. The van der Waals surface area contributed by atoms with Crippen LogP contribution in [-0.4, -0.2) is 27.9 Å². The fraction of sp³-hybridized carbons (Fsp3) is 0.800. The molecule has 0 heterocycles. The minimum atomic E-state index is -5.38. The summed E-state index contributed by atoms with van der Waals surface area (Å²) in [6, 6.07) is -0.695. The summed E-state index contributed by atoms with van der Waals surface area (Å²) in [5.41, 5.74) is 0. The maximum Gasteiger partial charge on any atom is 0.616 e. The number of thiocarbonyl (C=S) groups is 1. The van der Waals surface area contributed by atoms with E-state index in [-0.39, 0.29) is 18.2 Å². The molecule has 0 aliphatic carbocycles. The summed E-state index contributed by atoms with van der Waals surface area (Å²) >= 11 is 4.56. The second-order valence-electron chi connectivity index (χ2n) is 2.10. The molecule has 0 unspecified atom stereocenters. The third-order valence-corrected chi connectivity index (χ3v) is 2.28. The first-order valence-electron chi connectivity index (χ1n) is 3.37. The van der Waals surface area contributed by atoms with Gasteiger partial charge in [-0.1, -0.05) is 0 Å². The van der Waals surface area contributed by atoms with Gasteiger partial charge >= 0.3 is 9.08 Å². The Morgan fingerprint density at radius 3 is 2.50 bits per heavy atom. The molecular weight excluding hydrogens is 207 g/mol. The van der Waals surface area contributed by atoms with E-state index in [0.29, 0.717) is 0 Å². The highest BCUT2D eigenvalue weighted by Crippen LogP contribution is 2.16. The standard InChI is InChI=1S/C5H10F3NOSSi/c1-9-5(11)10-3-2-4-12(6,7)8/h2-4H2,1H3,(H,9,11). The third kappa shape index (κ3) is 7.80. The van der Waals surface area contributed by atoms with Gasteiger partial charge in [0.2, 0.25) is 0 Å². The first-order valence-corrected chi connectivity index (χ1v) is 5.62. The first-order chi connectivity index (χ1) is 5.45. The second-order valence-corrected chi connectivity index (χ2v) is 4.21. The second kappa shape index (κ2) is 5.36. The van der Waals surface area contributed by atoms with Gasteiger partial charge in [-0.3, -0.25) is 0 Å². The van der Waals surface area contributed by atoms with E-state index in [4.69, 9.17) is 4.74 Å². The minimum absolute atomic E-state index is 0.00244. The summed E-state index contributed by atoms with van der Waals surface area (Å²) in [5, 5.41) is 2.64. The molecule has 0 saturated heterocycles. The molecule has 0 aliphatic rings. The normalized spacial score (nSPS) is 11.0. The zero-order valence-corrected chi connectivity index (χ0v) is 8.39. The number of rotatable bonds is 4. The maximum absolute atomic E-state index is 11.7. The van der Waals surface area contributed by atoms with Crippen LogP contribution >= 0.6 is 12.2 Å². The Morgan fingerprint density at radius 2 is 2.08 bits per heavy atom. The summed E-state index contributed by atoms with van der Waals surface area (Å²) in [7, 11) is -3.83. The number of ether oxygens (including phenoxy) is 1. The van der Waals surface area contributed by atoms with E-state index >= 15 is 0 Å². The molecule has 0 aromatic rings. The van der Waals surface area contributed by atoms with Crippen LogP contribution in [0.4, 0.5) is 12.3 Å². The van der Waals surface area contributed by atoms with Gasteiger partial charge in [-0.05, 0) is 18.6 Å². The lowest BCUT2D eigenvalue weighted by atomic mass is 10.5. The Hall–Kier alpha value is -0.303. The van der Waals surface area contributed by atoms with Crippen molar-refractivity contribution in [3.05, 3.63) is 0 Å². The summed E-state index contributed by atoms with van der Waals surface area (Å²) in [4.78, 5) is 0. The fourth-order valence-corrected chi connectivity index (χ4v) is 1.14. The molecule has 1 N–H and O–H groups in total. The molecule has 0 amide bonds. The van der Waals surface area contributed by atoms with Crippen LogP contribution in [-0.2, 0) is 4.74 Å². The first kappa shape index (κ1) is 11.7. The number of halogens is 3. The summed E-state index contributed by atoms with van der Waals surface area (Å²) < 4.78 is 39.8. The minimum Gasteiger partial charge on any atom is -0.471 e. The third-order valence-electron chi connectivity index (χ3n) is 1.04. The molecule has 0 bridgehead atoms. The highest BCUT2D eigenvalue weighted by atomic mass is 32.1. The van der Waals surface area contributed by atoms with Crippen molar-refractivity contribution in [2.24, 2.45) is 0 Å². The molecule has 0 aromatic carbocycles. The van der Waals surface area contributed by atoms with Crippen molar-refractivity contribution in [2.75, 3.05) is 13.7 Å². The van der Waals surface area contributed by atoms with Gasteiger partial charge in [-0.25, -0.2) is 12.3 Å². The SMILES string of the molecule is CNC(=S)OCCC[Si](F)(F)F. The molecule has 0 atom stereocenters. The van der Waals surface area contributed by atoms with E-state index in [9.17, 15) is 12.3 Å². The van der Waals surface area contributed by atoms with Gasteiger partial charge in [0.15, 0.2) is 0 Å². The Labute approximate surface area is 75.6 Å². The van der Waals surface area contributed by atoms with E-state index in [2.05, 4.69) is 17.5 Å². The molecule has 0 saturated carbocycles. The van der Waals surface area contributed by atoms with Crippen LogP contribution in [0.3, 0.4) is 0 Å². The van der Waals surface area contributed by atoms with Gasteiger partial charge in [0.25, 0.3) is 5.17 Å². The highest BCUT2D eigenvalue weighted by Gasteiger charge is 2.35. The predicted octanol–water partition coefficient (Wildman–Crippen LogP) is 1.74. The van der Waals surface area contributed by atoms with Crippen LogP contribution in [0.25, 0.3) is 0 Å². The van der Waals surface area contributed by atoms with E-state index in [1.807, 2.05) is 0 Å². The van der Waals surface area contributed by atoms with Crippen molar-refractivity contribution < 1.29 is 17.1 Å². The lowest BCUT2D eigenvalue weighted by Crippen LogP contribution is -2.21. The van der Waals surface area contributed by atoms with Gasteiger partial charge in [-0.2, -0.15) is 0 Å². The predicted molar refractivity (Wildman–Crippen MR) is 46.1 cm³/mol. The van der Waals surface area contributed by atoms with Crippen molar-refractivity contribution in [3.63, 3.8) is 0 Å². The van der Waals surface area contributed by atoms with Crippen LogP contribution in [0, 0.1) is 0 Å². The van der Waals surface area contributed by atoms with Crippen molar-refractivity contribution in [1.82, 2.24) is 5.32 Å². The van der Waals surface area contributed by atoms with Gasteiger partial charge in [-0.15, -0.1) is 0 Å². The van der Waals surface area contributed by atoms with Crippen LogP contribution in [0.15, 0.2) is 0 Å². The van der Waals surface area contributed by atoms with Crippen molar-refractivity contribution in [2.45, 2.75) is 12.5 Å². The Kier molecular flexibility index (Phi) is 5.23. The molecule has 0 spiro atoms. The zero-order valence-electron chi connectivity index (χ0n) is 6.57. The van der Waals surface area contributed by atoms with Gasteiger partial charge in [0.1, 0.15) is 0 Å². The van der Waals surface area contributed by atoms with Gasteiger partial charge in [0, 0.05) is 13.1 Å². The Morgan fingerprint density at radius 1 is 1.50 bits per heavy atom. The zero-order chi connectivity index (χ0) is 9.61. The quantitative estimate of drug-likeness (QED) is 0.335. The molecule has 0 rings (SSSR count). The molecule has 72 valence electrons. The number of nitrogens with one attached hydrogen (secondary N) is 1. The molecule has 0 radical (unpaired) electrons. The maximum atomic E-state index is 11.7. The van der Waals surface area contributed by atoms with Crippen molar-refractivity contribution >= 4 is 26.5 Å². The van der Waals surface area contributed by atoms with Crippen molar-refractivity contribution in [3.8, 4) is 0 Å². The molecule has 0 aliphatic heterocycles. The molecule has 0 aromatic heterocycles. The van der Waals surface area contributed by atoms with Gasteiger partial charge < -0.3 is 10.1 Å². The van der Waals surface area contributed by atoms with E-state index in [1.54, 1.807) is 7.05 Å². The van der Waals surface area contributed by atoms with E-state index in [0.717, 1.165) is 0 Å². The van der Waals surface area contributed by atoms with E-state index < -0.39 is 15.1 Å². The lowest BCUT2D eigenvalue weighted by Gasteiger charge is -2.06. The van der Waals surface area contributed by atoms with Gasteiger partial charge in [0.05, 0.1) is 6.61 Å². The number of hydrogen-bond donors (Lipinski definition) is 1. The molecule has 12 heavy (non-hydrogen) atoms. The summed E-state index contributed by atoms with van der Waals surface area (Å²) in [6.07, 6.45) is -0.00244. The van der Waals surface area contributed by atoms with Crippen LogP contribution in [0.2, 0.25) is 6.04 Å². The monoisotopic (exact) mass is 217 g/mol. The summed E-state index contributed by atoms with van der Waals surface area (Å²) in [6.45, 7) is 0.0339. The average Bonchev–Trinajstić information content (AvgIpc) is 1.96. The van der Waals surface area contributed by atoms with Crippen molar-refractivity contribution in [1.29, 1.82) is 0 Å². The molecule has 2 nitrogen and oxygen atoms in total. The Bertz CT molecular complexity index is 152. The molecular formula is C5H10F3NOSSi. The lowest BCUT2D eigenvalue weighted by molar-refractivity contribution is 0.295. The van der Waals surface area contributed by atoms with Crippen LogP contribution in [0.5, 0.6) is 0 Å². The largest absolute Gasteiger partial charge is 0.616 e. The smallest absolute Gasteiger partial charge is 0.471 e. The highest BCUT2D eigenvalue weighted by molar-refractivity contribution is 7.80. The topological polar surface area (TPSA) is 21.3 Å². The Balaban J connectivity index is 3.28. The van der Waals surface area contributed by atoms with Crippen LogP contribution in [0.1, 0.15) is 6.42 Å². The average molecular weight is 217 g/mol. The molecule has 0 fully saturated rings. The number of hydrogen-bond acceptors (Lipinski definition) is 2. The van der Waals surface area contributed by atoms with Crippen LogP contribution < -0.4 is 5.32 Å².